The maximum absolute atomic E-state index is 11.7. The largest absolute Gasteiger partial charge is 0.464 e. The van der Waals surface area contributed by atoms with Crippen molar-refractivity contribution in [1.29, 1.82) is 0 Å². The van der Waals surface area contributed by atoms with Gasteiger partial charge in [0.1, 0.15) is 5.69 Å². The second-order valence-electron chi connectivity index (χ2n) is 4.98. The number of carbonyl (C=O) groups excluding carboxylic acids is 2. The van der Waals surface area contributed by atoms with Crippen LogP contribution in [0.5, 0.6) is 0 Å². The third-order valence-corrected chi connectivity index (χ3v) is 4.00. The Morgan fingerprint density at radius 2 is 2.00 bits per heavy atom. The molecule has 0 spiro atoms. The van der Waals surface area contributed by atoms with E-state index >= 15 is 0 Å². The van der Waals surface area contributed by atoms with Crippen molar-refractivity contribution in [3.8, 4) is 11.5 Å². The van der Waals surface area contributed by atoms with E-state index in [1.54, 1.807) is 19.1 Å². The lowest BCUT2D eigenvalue weighted by molar-refractivity contribution is 0.0593. The molecule has 3 rings (SSSR count). The number of hydrogen-bond donors (Lipinski definition) is 1. The second kappa shape index (κ2) is 5.85. The number of carbonyl (C=O) groups is 2. The molecule has 0 aliphatic rings. The highest BCUT2D eigenvalue weighted by Crippen LogP contribution is 2.38. The van der Waals surface area contributed by atoms with E-state index in [0.29, 0.717) is 32.3 Å². The van der Waals surface area contributed by atoms with E-state index in [1.807, 2.05) is 0 Å². The summed E-state index contributed by atoms with van der Waals surface area (Å²) in [4.78, 5) is 23.3. The van der Waals surface area contributed by atoms with Gasteiger partial charge < -0.3 is 14.9 Å². The molecule has 9 heteroatoms. The predicted molar refractivity (Wildman–Crippen MR) is 88.5 cm³/mol. The smallest absolute Gasteiger partial charge is 0.358 e. The van der Waals surface area contributed by atoms with Crippen LogP contribution in [0.1, 0.15) is 16.1 Å². The molecule has 2 heterocycles. The molecular formula is C15H11Cl2N3O4. The highest BCUT2D eigenvalue weighted by molar-refractivity contribution is 6.38. The summed E-state index contributed by atoms with van der Waals surface area (Å²) >= 11 is 12.2. The molecule has 1 aromatic carbocycles. The van der Waals surface area contributed by atoms with Gasteiger partial charge in [-0.3, -0.25) is 0 Å². The van der Waals surface area contributed by atoms with Crippen LogP contribution in [0.3, 0.4) is 0 Å². The SMILES string of the molecule is COC(=O)c1cc(-c2oc3c(Cl)cc(Cl)cc3c2C)n(C(N)=O)n1. The topological polar surface area (TPSA) is 100 Å². The van der Waals surface area contributed by atoms with Crippen LogP contribution in [-0.4, -0.2) is 28.9 Å². The summed E-state index contributed by atoms with van der Waals surface area (Å²) in [6.07, 6.45) is 0. The number of methoxy groups -OCH3 is 1. The number of ether oxygens (including phenoxy) is 1. The van der Waals surface area contributed by atoms with E-state index in [4.69, 9.17) is 33.4 Å². The quantitative estimate of drug-likeness (QED) is 0.697. The van der Waals surface area contributed by atoms with Crippen molar-refractivity contribution >= 4 is 46.2 Å². The van der Waals surface area contributed by atoms with Gasteiger partial charge in [-0.2, -0.15) is 9.78 Å². The molecule has 124 valence electrons. The zero-order valence-corrected chi connectivity index (χ0v) is 14.1. The molecule has 24 heavy (non-hydrogen) atoms. The normalized spacial score (nSPS) is 11.0. The Bertz CT molecular complexity index is 990. The van der Waals surface area contributed by atoms with E-state index in [0.717, 1.165) is 4.68 Å². The summed E-state index contributed by atoms with van der Waals surface area (Å²) in [5, 5.41) is 5.31. The number of amides is 1. The lowest BCUT2D eigenvalue weighted by Crippen LogP contribution is -2.22. The van der Waals surface area contributed by atoms with E-state index in [-0.39, 0.29) is 11.4 Å². The van der Waals surface area contributed by atoms with E-state index in [1.165, 1.54) is 13.2 Å². The van der Waals surface area contributed by atoms with Gasteiger partial charge in [0.25, 0.3) is 0 Å². The first kappa shape index (κ1) is 16.4. The number of nitrogens with zero attached hydrogens (tertiary/aromatic N) is 2. The molecule has 2 aromatic heterocycles. The summed E-state index contributed by atoms with van der Waals surface area (Å²) in [5.41, 5.74) is 6.55. The van der Waals surface area contributed by atoms with Crippen LogP contribution in [0.15, 0.2) is 22.6 Å². The summed E-state index contributed by atoms with van der Waals surface area (Å²) in [6, 6.07) is 3.72. The molecular weight excluding hydrogens is 357 g/mol. The van der Waals surface area contributed by atoms with Crippen molar-refractivity contribution in [1.82, 2.24) is 9.78 Å². The molecule has 0 unspecified atom stereocenters. The standard InChI is InChI=1S/C15H11Cl2N3O4/c1-6-8-3-7(16)4-9(17)13(8)24-12(6)11-5-10(14(21)23-2)19-20(11)15(18)22/h3-5H,1-2H3,(H2,18,22). The molecule has 0 saturated heterocycles. The zero-order chi connectivity index (χ0) is 17.6. The molecule has 7 nitrogen and oxygen atoms in total. The van der Waals surface area contributed by atoms with Crippen LogP contribution in [0, 0.1) is 6.92 Å². The Morgan fingerprint density at radius 1 is 1.29 bits per heavy atom. The van der Waals surface area contributed by atoms with Crippen molar-refractivity contribution in [3.05, 3.63) is 39.5 Å². The van der Waals surface area contributed by atoms with Crippen molar-refractivity contribution in [3.63, 3.8) is 0 Å². The van der Waals surface area contributed by atoms with Gasteiger partial charge in [0, 0.05) is 22.0 Å². The maximum atomic E-state index is 11.7. The number of rotatable bonds is 2. The fourth-order valence-corrected chi connectivity index (χ4v) is 2.94. The van der Waals surface area contributed by atoms with Gasteiger partial charge in [0.15, 0.2) is 17.0 Å². The van der Waals surface area contributed by atoms with E-state index in [9.17, 15) is 9.59 Å². The number of nitrogens with two attached hydrogens (primary N) is 1. The van der Waals surface area contributed by atoms with Gasteiger partial charge in [-0.25, -0.2) is 9.59 Å². The lowest BCUT2D eigenvalue weighted by atomic mass is 10.1. The van der Waals surface area contributed by atoms with Gasteiger partial charge in [0.05, 0.1) is 12.1 Å². The van der Waals surface area contributed by atoms with Crippen molar-refractivity contribution in [2.24, 2.45) is 5.73 Å². The first-order chi connectivity index (χ1) is 11.3. The first-order valence-corrected chi connectivity index (χ1v) is 7.45. The molecule has 0 fully saturated rings. The zero-order valence-electron chi connectivity index (χ0n) is 12.6. The Morgan fingerprint density at radius 3 is 2.62 bits per heavy atom. The molecule has 0 saturated carbocycles. The highest BCUT2D eigenvalue weighted by Gasteiger charge is 2.24. The second-order valence-corrected chi connectivity index (χ2v) is 5.82. The monoisotopic (exact) mass is 367 g/mol. The van der Waals surface area contributed by atoms with Crippen LogP contribution in [0.2, 0.25) is 10.0 Å². The summed E-state index contributed by atoms with van der Waals surface area (Å²) in [5.74, 6) is -0.401. The molecule has 0 radical (unpaired) electrons. The Hall–Kier alpha value is -2.51. The summed E-state index contributed by atoms with van der Waals surface area (Å²) < 4.78 is 11.3. The minimum absolute atomic E-state index is 0.0738. The van der Waals surface area contributed by atoms with E-state index in [2.05, 4.69) is 9.84 Å². The third kappa shape index (κ3) is 2.51. The average molecular weight is 368 g/mol. The number of furan rings is 1. The first-order valence-electron chi connectivity index (χ1n) is 6.70. The summed E-state index contributed by atoms with van der Waals surface area (Å²) in [6.45, 7) is 1.77. The Balaban J connectivity index is 2.29. The van der Waals surface area contributed by atoms with Crippen LogP contribution in [-0.2, 0) is 4.74 Å². The van der Waals surface area contributed by atoms with Crippen LogP contribution < -0.4 is 5.73 Å². The van der Waals surface area contributed by atoms with Gasteiger partial charge in [-0.05, 0) is 19.1 Å². The molecule has 1 amide bonds. The Kier molecular flexibility index (Phi) is 3.98. The van der Waals surface area contributed by atoms with Crippen molar-refractivity contribution in [2.75, 3.05) is 7.11 Å². The number of halogens is 2. The van der Waals surface area contributed by atoms with Crippen molar-refractivity contribution in [2.45, 2.75) is 6.92 Å². The number of aromatic nitrogens is 2. The van der Waals surface area contributed by atoms with Gasteiger partial charge in [0.2, 0.25) is 0 Å². The average Bonchev–Trinajstić information content (AvgIpc) is 3.09. The number of esters is 1. The molecule has 2 N–H and O–H groups in total. The highest BCUT2D eigenvalue weighted by atomic mass is 35.5. The van der Waals surface area contributed by atoms with Gasteiger partial charge >= 0.3 is 12.0 Å². The molecule has 3 aromatic rings. The maximum Gasteiger partial charge on any atom is 0.358 e. The third-order valence-electron chi connectivity index (χ3n) is 3.50. The minimum atomic E-state index is -0.871. The number of fused-ring (bicyclic) bond motifs is 1. The molecule has 0 atom stereocenters. The van der Waals surface area contributed by atoms with Crippen molar-refractivity contribution < 1.29 is 18.7 Å². The van der Waals surface area contributed by atoms with Gasteiger partial charge in [-0.15, -0.1) is 0 Å². The Labute approximate surface area is 145 Å². The van der Waals surface area contributed by atoms with Crippen LogP contribution in [0.4, 0.5) is 4.79 Å². The molecule has 0 bridgehead atoms. The molecule has 0 aliphatic carbocycles. The number of aryl methyl sites for hydroxylation is 1. The fraction of sp³-hybridized carbons (Fsp3) is 0.133. The lowest BCUT2D eigenvalue weighted by Gasteiger charge is -2.00. The van der Waals surface area contributed by atoms with Gasteiger partial charge in [-0.1, -0.05) is 23.2 Å². The van der Waals surface area contributed by atoms with Crippen LogP contribution in [0.25, 0.3) is 22.4 Å². The number of hydrogen-bond acceptors (Lipinski definition) is 5. The number of primary amides is 1. The van der Waals surface area contributed by atoms with Crippen LogP contribution >= 0.6 is 23.2 Å². The molecule has 0 aliphatic heterocycles. The summed E-state index contributed by atoms with van der Waals surface area (Å²) in [7, 11) is 1.21. The minimum Gasteiger partial charge on any atom is -0.464 e. The number of benzene rings is 1. The van der Waals surface area contributed by atoms with E-state index < -0.39 is 12.0 Å². The fourth-order valence-electron chi connectivity index (χ4n) is 2.40. The predicted octanol–water partition coefficient (Wildman–Crippen LogP) is 3.62.